The Labute approximate surface area is 242 Å². The molecule has 0 saturated heterocycles. The lowest BCUT2D eigenvalue weighted by Gasteiger charge is -2.15. The number of rotatable bonds is 19. The van der Waals surface area contributed by atoms with Crippen LogP contribution in [0.3, 0.4) is 0 Å². The second-order valence-electron chi connectivity index (χ2n) is 11.7. The highest BCUT2D eigenvalue weighted by Gasteiger charge is 2.13. The average Bonchev–Trinajstić information content (AvgIpc) is 2.91. The zero-order valence-electron chi connectivity index (χ0n) is 26.7. The van der Waals surface area contributed by atoms with Crippen molar-refractivity contribution in [3.8, 4) is 0 Å². The van der Waals surface area contributed by atoms with E-state index in [2.05, 4.69) is 89.7 Å². The molecule has 0 aliphatic heterocycles. The van der Waals surface area contributed by atoms with Gasteiger partial charge in [-0.2, -0.15) is 0 Å². The highest BCUT2D eigenvalue weighted by atomic mass is 15.2. The van der Waals surface area contributed by atoms with Gasteiger partial charge in [0.1, 0.15) is 5.69 Å². The van der Waals surface area contributed by atoms with Gasteiger partial charge in [0.2, 0.25) is 5.70 Å². The molecule has 2 heteroatoms. The number of nitrogens with zero attached hydrogens (tertiary/aromatic N) is 2. The molecule has 0 atom stereocenters. The van der Waals surface area contributed by atoms with Crippen LogP contribution in [0, 0.1) is 6.92 Å². The van der Waals surface area contributed by atoms with Gasteiger partial charge < -0.3 is 0 Å². The van der Waals surface area contributed by atoms with Crippen LogP contribution in [-0.2, 0) is 25.7 Å². The van der Waals surface area contributed by atoms with E-state index < -0.39 is 0 Å². The van der Waals surface area contributed by atoms with Crippen molar-refractivity contribution in [2.45, 2.75) is 144 Å². The fourth-order valence-electron chi connectivity index (χ4n) is 5.61. The minimum Gasteiger partial charge on any atom is -0.0909 e. The fourth-order valence-corrected chi connectivity index (χ4v) is 5.61. The number of allylic oxidation sites excluding steroid dienone is 1. The molecule has 0 heterocycles. The van der Waals surface area contributed by atoms with E-state index in [1.807, 2.05) is 0 Å². The van der Waals surface area contributed by atoms with Crippen LogP contribution in [0.2, 0.25) is 0 Å². The maximum absolute atomic E-state index is 5.08. The van der Waals surface area contributed by atoms with E-state index in [1.54, 1.807) is 5.56 Å². The third kappa shape index (κ3) is 12.2. The van der Waals surface area contributed by atoms with E-state index in [9.17, 15) is 0 Å². The zero-order chi connectivity index (χ0) is 28.5. The molecule has 0 bridgehead atoms. The van der Waals surface area contributed by atoms with Gasteiger partial charge in [0.15, 0.2) is 7.05 Å². The minimum absolute atomic E-state index is 1.08. The van der Waals surface area contributed by atoms with Gasteiger partial charge in [-0.1, -0.05) is 114 Å². The van der Waals surface area contributed by atoms with E-state index in [0.29, 0.717) is 0 Å². The largest absolute Gasteiger partial charge is 0.205 e. The predicted molar refractivity (Wildman–Crippen MR) is 172 cm³/mol. The van der Waals surface area contributed by atoms with Crippen molar-refractivity contribution in [1.29, 1.82) is 0 Å². The molecule has 0 N–H and O–H groups in total. The first-order valence-electron chi connectivity index (χ1n) is 16.3. The summed E-state index contributed by atoms with van der Waals surface area (Å²) in [6.45, 7) is 13.6. The van der Waals surface area contributed by atoms with Crippen LogP contribution in [0.5, 0.6) is 0 Å². The number of hydrogen-bond acceptors (Lipinski definition) is 1. The first-order chi connectivity index (χ1) is 18.9. The van der Waals surface area contributed by atoms with Crippen LogP contribution in [-0.4, -0.2) is 11.7 Å². The first kappa shape index (κ1) is 33.0. The molecule has 0 aromatic heterocycles. The molecule has 2 nitrogen and oxygen atoms in total. The maximum Gasteiger partial charge on any atom is 0.205 e. The second-order valence-corrected chi connectivity index (χ2v) is 11.7. The molecule has 0 unspecified atom stereocenters. The molecule has 2 aromatic carbocycles. The van der Waals surface area contributed by atoms with Crippen molar-refractivity contribution in [2.75, 3.05) is 7.05 Å². The van der Waals surface area contributed by atoms with Gasteiger partial charge in [-0.15, -0.1) is 0 Å². The van der Waals surface area contributed by atoms with E-state index in [1.165, 1.54) is 130 Å². The lowest BCUT2D eigenvalue weighted by Crippen LogP contribution is -2.03. The lowest BCUT2D eigenvalue weighted by molar-refractivity contribution is -0.510. The van der Waals surface area contributed by atoms with Gasteiger partial charge in [0.25, 0.3) is 0 Å². The van der Waals surface area contributed by atoms with Crippen molar-refractivity contribution in [1.82, 2.24) is 0 Å². The van der Waals surface area contributed by atoms with Gasteiger partial charge >= 0.3 is 0 Å². The van der Waals surface area contributed by atoms with Crippen LogP contribution < -0.4 is 0 Å². The summed E-state index contributed by atoms with van der Waals surface area (Å²) in [7, 11) is 2.09. The van der Waals surface area contributed by atoms with Crippen LogP contribution in [0.25, 0.3) is 6.08 Å². The van der Waals surface area contributed by atoms with Crippen molar-refractivity contribution >= 4 is 11.8 Å². The van der Waals surface area contributed by atoms with Gasteiger partial charge in [0.05, 0.1) is 0 Å². The summed E-state index contributed by atoms with van der Waals surface area (Å²) < 4.78 is 2.06. The summed E-state index contributed by atoms with van der Waals surface area (Å²) in [4.78, 5) is 0. The molecule has 216 valence electrons. The van der Waals surface area contributed by atoms with Gasteiger partial charge in [-0.05, 0) is 96.9 Å². The molecule has 0 radical (unpaired) electrons. The normalized spacial score (nSPS) is 12.4. The molecular weight excluding hydrogens is 472 g/mol. The summed E-state index contributed by atoms with van der Waals surface area (Å²) >= 11 is 0. The zero-order valence-corrected chi connectivity index (χ0v) is 26.7. The van der Waals surface area contributed by atoms with Crippen molar-refractivity contribution in [2.24, 2.45) is 5.11 Å². The topological polar surface area (TPSA) is 15.4 Å². The fraction of sp³-hybridized carbons (Fsp3) is 0.622. The lowest BCUT2D eigenvalue weighted by atomic mass is 9.91. The third-order valence-electron chi connectivity index (χ3n) is 8.01. The van der Waals surface area contributed by atoms with E-state index in [0.717, 1.165) is 12.1 Å². The molecule has 39 heavy (non-hydrogen) atoms. The quantitative estimate of drug-likeness (QED) is 0.0973. The van der Waals surface area contributed by atoms with Gasteiger partial charge in [-0.25, -0.2) is 0 Å². The Hall–Kier alpha value is -2.22. The Balaban J connectivity index is 2.24. The van der Waals surface area contributed by atoms with Crippen LogP contribution in [0.1, 0.15) is 145 Å². The molecule has 0 amide bonds. The SMILES string of the molecule is CCCCCCCCc1c(CC)cc(N=[N+](C)C(C)=Cc2cc(C)cc(CCCCCC)c2)cc1CCCC. The van der Waals surface area contributed by atoms with E-state index >= 15 is 0 Å². The smallest absolute Gasteiger partial charge is 0.0909 e. The monoisotopic (exact) mass is 531 g/mol. The van der Waals surface area contributed by atoms with Crippen LogP contribution >= 0.6 is 0 Å². The number of hydrogen-bond donors (Lipinski definition) is 0. The Morgan fingerprint density at radius 3 is 2.00 bits per heavy atom. The summed E-state index contributed by atoms with van der Waals surface area (Å²) in [5, 5.41) is 5.08. The van der Waals surface area contributed by atoms with Crippen molar-refractivity contribution < 1.29 is 4.70 Å². The van der Waals surface area contributed by atoms with Crippen LogP contribution in [0.15, 0.2) is 41.1 Å². The highest BCUT2D eigenvalue weighted by Crippen LogP contribution is 2.28. The Morgan fingerprint density at radius 1 is 0.692 bits per heavy atom. The number of benzene rings is 2. The standard InChI is InChI=1S/C37H59N2/c1-8-12-15-17-18-20-23-37-34(11-4)28-36(29-35(37)22-14-10-3)38-39(7)31(6)26-33-25-30(5)24-32(27-33)21-19-16-13-9-2/h24-29H,8-23H2,1-7H3/q+1. The van der Waals surface area contributed by atoms with Gasteiger partial charge in [0, 0.05) is 13.0 Å². The maximum atomic E-state index is 5.08. The Bertz CT molecular complexity index is 1040. The molecule has 0 saturated carbocycles. The van der Waals surface area contributed by atoms with E-state index in [4.69, 9.17) is 5.11 Å². The third-order valence-corrected chi connectivity index (χ3v) is 8.01. The van der Waals surface area contributed by atoms with Crippen molar-refractivity contribution in [3.63, 3.8) is 0 Å². The molecule has 2 aromatic rings. The predicted octanol–water partition coefficient (Wildman–Crippen LogP) is 11.7. The molecular formula is C37H59N2+. The van der Waals surface area contributed by atoms with E-state index in [-0.39, 0.29) is 0 Å². The second kappa shape index (κ2) is 19.0. The highest BCUT2D eigenvalue weighted by molar-refractivity contribution is 5.53. The first-order valence-corrected chi connectivity index (χ1v) is 16.3. The summed E-state index contributed by atoms with van der Waals surface area (Å²) in [6.07, 6.45) is 22.8. The minimum atomic E-state index is 1.08. The average molecular weight is 532 g/mol. The van der Waals surface area contributed by atoms with Gasteiger partial charge in [-0.3, -0.25) is 0 Å². The number of unbranched alkanes of at least 4 members (excludes halogenated alkanes) is 9. The molecule has 0 spiro atoms. The molecule has 0 aliphatic carbocycles. The number of aryl methyl sites for hydroxylation is 4. The number of azo groups is 2. The molecule has 2 rings (SSSR count). The van der Waals surface area contributed by atoms with Crippen molar-refractivity contribution in [3.05, 3.63) is 69.4 Å². The molecule has 0 fully saturated rings. The molecule has 0 aliphatic rings. The Kier molecular flexibility index (Phi) is 16.0. The summed E-state index contributed by atoms with van der Waals surface area (Å²) in [5.41, 5.74) is 11.0. The Morgan fingerprint density at radius 2 is 1.31 bits per heavy atom. The summed E-state index contributed by atoms with van der Waals surface area (Å²) in [6, 6.07) is 11.7. The van der Waals surface area contributed by atoms with Crippen LogP contribution in [0.4, 0.5) is 5.69 Å². The summed E-state index contributed by atoms with van der Waals surface area (Å²) in [5.74, 6) is 0.